The molecule has 0 saturated heterocycles. The summed E-state index contributed by atoms with van der Waals surface area (Å²) in [5, 5.41) is 0. The lowest BCUT2D eigenvalue weighted by atomic mass is 9.68. The maximum Gasteiger partial charge on any atom is 0.131 e. The molecule has 0 N–H and O–H groups in total. The summed E-state index contributed by atoms with van der Waals surface area (Å²) >= 11 is 0. The van der Waals surface area contributed by atoms with E-state index in [1.165, 1.54) is 195 Å². The Balaban J connectivity index is 0.000000159. The molecule has 0 aromatic heterocycles. The van der Waals surface area contributed by atoms with Crippen LogP contribution in [0.4, 0.5) is 8.78 Å². The van der Waals surface area contributed by atoms with Crippen molar-refractivity contribution < 1.29 is 8.78 Å². The molecule has 11 rings (SSSR count). The van der Waals surface area contributed by atoms with Gasteiger partial charge in [0.15, 0.2) is 0 Å². The zero-order valence-electron chi connectivity index (χ0n) is 54.9. The molecule has 4 aliphatic carbocycles. The molecule has 2 heteroatoms. The van der Waals surface area contributed by atoms with Gasteiger partial charge in [0, 0.05) is 11.1 Å². The third-order valence-electron chi connectivity index (χ3n) is 21.5. The van der Waals surface area contributed by atoms with Crippen LogP contribution in [-0.4, -0.2) is 0 Å². The van der Waals surface area contributed by atoms with Gasteiger partial charge in [-0.3, -0.25) is 0 Å². The van der Waals surface area contributed by atoms with Crippen molar-refractivity contribution in [1.29, 1.82) is 0 Å². The number of hydrogen-bond acceptors (Lipinski definition) is 0. The van der Waals surface area contributed by atoms with E-state index >= 15 is 0 Å². The summed E-state index contributed by atoms with van der Waals surface area (Å²) < 4.78 is 29.9. The molecule has 0 radical (unpaired) electrons. The second-order valence-corrected chi connectivity index (χ2v) is 27.6. The minimum atomic E-state index is -0.155. The molecule has 87 heavy (non-hydrogen) atoms. The van der Waals surface area contributed by atoms with E-state index in [0.717, 1.165) is 88.2 Å². The molecule has 7 aromatic rings. The number of benzene rings is 7. The van der Waals surface area contributed by atoms with Gasteiger partial charge in [-0.1, -0.05) is 269 Å². The fourth-order valence-electron chi connectivity index (χ4n) is 15.9. The molecule has 4 saturated carbocycles. The maximum absolute atomic E-state index is 15.0. The summed E-state index contributed by atoms with van der Waals surface area (Å²) in [6.45, 7) is 13.4. The minimum Gasteiger partial charge on any atom is -0.206 e. The molecule has 0 spiro atoms. The number of halogens is 2. The Morgan fingerprint density at radius 1 is 0.310 bits per heavy atom. The van der Waals surface area contributed by atoms with Gasteiger partial charge in [-0.25, -0.2) is 8.78 Å². The highest BCUT2D eigenvalue weighted by atomic mass is 19.1. The predicted molar refractivity (Wildman–Crippen MR) is 372 cm³/mol. The van der Waals surface area contributed by atoms with Crippen molar-refractivity contribution in [2.75, 3.05) is 0 Å². The molecule has 4 fully saturated rings. The van der Waals surface area contributed by atoms with Gasteiger partial charge in [-0.2, -0.15) is 0 Å². The maximum atomic E-state index is 15.0. The van der Waals surface area contributed by atoms with E-state index in [-0.39, 0.29) is 11.6 Å². The van der Waals surface area contributed by atoms with Crippen LogP contribution in [0.15, 0.2) is 158 Å². The molecule has 0 heterocycles. The predicted octanol–water partition coefficient (Wildman–Crippen LogP) is 26.4. The Kier molecular flexibility index (Phi) is 26.0. The first-order valence-electron chi connectivity index (χ1n) is 35.7. The first-order chi connectivity index (χ1) is 42.6. The van der Waals surface area contributed by atoms with E-state index in [2.05, 4.69) is 145 Å². The monoisotopic (exact) mass is 1170 g/mol. The van der Waals surface area contributed by atoms with Gasteiger partial charge in [0.05, 0.1) is 0 Å². The fraction of sp³-hybridized carbons (Fsp3) is 0.506. The minimum absolute atomic E-state index is 0.152. The van der Waals surface area contributed by atoms with Crippen molar-refractivity contribution in [3.05, 3.63) is 203 Å². The Morgan fingerprint density at radius 2 is 0.655 bits per heavy atom. The Hall–Kier alpha value is -5.60. The Morgan fingerprint density at radius 3 is 1.03 bits per heavy atom. The van der Waals surface area contributed by atoms with Gasteiger partial charge in [-0.15, -0.1) is 0 Å². The molecule has 0 nitrogen and oxygen atoms in total. The lowest BCUT2D eigenvalue weighted by Crippen LogP contribution is -2.25. The van der Waals surface area contributed by atoms with Crippen molar-refractivity contribution in [3.8, 4) is 44.5 Å². The summed E-state index contributed by atoms with van der Waals surface area (Å²) in [7, 11) is 0. The lowest BCUT2D eigenvalue weighted by Gasteiger charge is -2.38. The third kappa shape index (κ3) is 19.2. The van der Waals surface area contributed by atoms with Crippen molar-refractivity contribution in [2.45, 2.75) is 245 Å². The molecule has 0 atom stereocenters. The van der Waals surface area contributed by atoms with Gasteiger partial charge < -0.3 is 0 Å². The summed E-state index contributed by atoms with van der Waals surface area (Å²) in [5.41, 5.74) is 15.8. The van der Waals surface area contributed by atoms with Crippen molar-refractivity contribution in [2.24, 2.45) is 29.6 Å². The van der Waals surface area contributed by atoms with Gasteiger partial charge in [-0.05, 0) is 230 Å². The van der Waals surface area contributed by atoms with Crippen LogP contribution in [0.5, 0.6) is 0 Å². The summed E-state index contributed by atoms with van der Waals surface area (Å²) in [5.74, 6) is 6.97. The number of hydrogen-bond donors (Lipinski definition) is 0. The Labute approximate surface area is 528 Å². The molecule has 0 bridgehead atoms. The summed E-state index contributed by atoms with van der Waals surface area (Å²) in [6.07, 6.45) is 39.8. The molecule has 4 aliphatic rings. The van der Waals surface area contributed by atoms with E-state index in [9.17, 15) is 8.78 Å². The average Bonchev–Trinajstić information content (AvgIpc) is 3.73. The second kappa shape index (κ2) is 34.4. The van der Waals surface area contributed by atoms with E-state index in [1.54, 1.807) is 17.7 Å². The molecule has 7 aromatic carbocycles. The third-order valence-corrected chi connectivity index (χ3v) is 21.5. The van der Waals surface area contributed by atoms with Crippen LogP contribution >= 0.6 is 0 Å². The highest BCUT2D eigenvalue weighted by Gasteiger charge is 2.31. The molecule has 0 unspecified atom stereocenters. The Bertz CT molecular complexity index is 3040. The van der Waals surface area contributed by atoms with Crippen LogP contribution in [0.2, 0.25) is 0 Å². The van der Waals surface area contributed by atoms with Crippen molar-refractivity contribution >= 4 is 0 Å². The van der Waals surface area contributed by atoms with Crippen LogP contribution in [0.1, 0.15) is 259 Å². The number of unbranched alkanes of at least 4 members (excludes halogenated alkanes) is 4. The van der Waals surface area contributed by atoms with Crippen LogP contribution in [0, 0.1) is 48.1 Å². The average molecular weight is 1170 g/mol. The van der Waals surface area contributed by atoms with Crippen molar-refractivity contribution in [3.63, 3.8) is 0 Å². The molecule has 464 valence electrons. The van der Waals surface area contributed by atoms with Crippen LogP contribution in [0.25, 0.3) is 44.5 Å². The largest absolute Gasteiger partial charge is 0.206 e. The molecule has 0 amide bonds. The van der Waals surface area contributed by atoms with Crippen LogP contribution in [0.3, 0.4) is 0 Å². The lowest BCUT2D eigenvalue weighted by molar-refractivity contribution is 0.156. The standard InChI is InChI=1S/C32H39F.C31H37F.C22H34/c1-3-5-6-8-25-9-13-26(14-10-25)27-17-19-28(20-18-27)30-21-22-31(32(33)23-30)29-15-11-24(7-4-2)12-16-29;1-3-5-6-7-24-10-12-25(13-11-24)26-16-18-27(19-17-26)29-20-21-30(31(32)22-29)28-14-8-23(4-2)9-15-28;1-3-4-18-7-11-20(12-8-18)22-15-13-21(14-16-22)19-9-5-17(2)6-10-19/h11-12,15-23,25-26H,3-10,13-14H2,1-2H3;8-9,14-22,24-25H,3-7,10-13H2,1-2H3;5-6,9-10,18,20-22H,3-4,7-8,11-16H2,1-2H3. The van der Waals surface area contributed by atoms with E-state index in [1.807, 2.05) is 42.5 Å². The summed E-state index contributed by atoms with van der Waals surface area (Å²) in [4.78, 5) is 0. The smallest absolute Gasteiger partial charge is 0.131 e. The van der Waals surface area contributed by atoms with Crippen LogP contribution < -0.4 is 0 Å². The van der Waals surface area contributed by atoms with E-state index < -0.39 is 0 Å². The highest BCUT2D eigenvalue weighted by molar-refractivity contribution is 5.73. The fourth-order valence-corrected chi connectivity index (χ4v) is 15.9. The number of aryl methyl sites for hydroxylation is 3. The molecule has 0 aliphatic heterocycles. The van der Waals surface area contributed by atoms with E-state index in [4.69, 9.17) is 0 Å². The topological polar surface area (TPSA) is 0 Å². The molecular weight excluding hydrogens is 1060 g/mol. The zero-order valence-corrected chi connectivity index (χ0v) is 54.9. The summed E-state index contributed by atoms with van der Waals surface area (Å²) in [6, 6.07) is 54.9. The quantitative estimate of drug-likeness (QED) is 0.0629. The van der Waals surface area contributed by atoms with Gasteiger partial charge in [0.25, 0.3) is 0 Å². The first kappa shape index (κ1) is 65.8. The number of rotatable bonds is 21. The molecular formula is C85H110F2. The van der Waals surface area contributed by atoms with Gasteiger partial charge in [0.1, 0.15) is 11.6 Å². The zero-order chi connectivity index (χ0) is 60.7. The van der Waals surface area contributed by atoms with Gasteiger partial charge in [0.2, 0.25) is 0 Å². The van der Waals surface area contributed by atoms with Crippen molar-refractivity contribution in [1.82, 2.24) is 0 Å². The first-order valence-corrected chi connectivity index (χ1v) is 35.7. The van der Waals surface area contributed by atoms with Gasteiger partial charge >= 0.3 is 0 Å². The highest BCUT2D eigenvalue weighted by Crippen LogP contribution is 2.45. The second-order valence-electron chi connectivity index (χ2n) is 27.6. The van der Waals surface area contributed by atoms with Crippen LogP contribution in [-0.2, 0) is 12.8 Å². The SMILES string of the molecule is CCCC1CCC(C2CCC(c3ccc(C)cc3)CC2)CC1.CCCCCC1CCC(c2ccc(-c3ccc(-c4ccc(CC)cc4)c(F)c3)cc2)CC1.CCCCCC1CCC(c2ccc(-c3ccc(-c4ccc(CCC)cc4)c(F)c3)cc2)CC1. The normalized spacial score (nSPS) is 22.1. The van der Waals surface area contributed by atoms with E-state index in [0.29, 0.717) is 23.0 Å².